The molecule has 0 fully saturated rings. The number of methoxy groups -OCH3 is 2. The number of fused-ring (bicyclic) bond motifs is 2. The molecular weight excluding hydrogens is 585 g/mol. The second-order valence-electron chi connectivity index (χ2n) is 10.4. The molecule has 228 valence electrons. The lowest BCUT2D eigenvalue weighted by atomic mass is 10.0. The van der Waals surface area contributed by atoms with Gasteiger partial charge in [0.2, 0.25) is 0 Å². The van der Waals surface area contributed by atoms with E-state index in [1.54, 1.807) is 38.6 Å². The van der Waals surface area contributed by atoms with E-state index in [4.69, 9.17) is 9.47 Å². The number of pyridine rings is 1. The first-order chi connectivity index (χ1) is 22.4. The maximum absolute atomic E-state index is 14.6. The van der Waals surface area contributed by atoms with Gasteiger partial charge in [-0.25, -0.2) is 19.3 Å². The fourth-order valence-corrected chi connectivity index (χ4v) is 5.22. The molecule has 4 aromatic carbocycles. The Morgan fingerprint density at radius 1 is 0.913 bits per heavy atom. The molecule has 2 aromatic heterocycles. The molecule has 0 saturated heterocycles. The largest absolute Gasteiger partial charge is 0.497 e. The van der Waals surface area contributed by atoms with Crippen LogP contribution in [-0.2, 0) is 6.54 Å². The summed E-state index contributed by atoms with van der Waals surface area (Å²) in [4.78, 5) is 27.1. The van der Waals surface area contributed by atoms with Crippen molar-refractivity contribution in [3.8, 4) is 17.6 Å². The number of nitrogens with one attached hydrogen (secondary N) is 3. The van der Waals surface area contributed by atoms with E-state index in [0.29, 0.717) is 68.2 Å². The average molecular weight is 614 g/mol. The van der Waals surface area contributed by atoms with Crippen LogP contribution in [0.3, 0.4) is 0 Å². The molecule has 0 aliphatic carbocycles. The Kier molecular flexibility index (Phi) is 8.26. The van der Waals surface area contributed by atoms with Gasteiger partial charge in [-0.2, -0.15) is 5.26 Å². The second kappa shape index (κ2) is 12.8. The van der Waals surface area contributed by atoms with Gasteiger partial charge < -0.3 is 25.4 Å². The van der Waals surface area contributed by atoms with Gasteiger partial charge in [-0.05, 0) is 61.0 Å². The molecule has 0 saturated carbocycles. The van der Waals surface area contributed by atoms with Crippen LogP contribution in [0.5, 0.6) is 11.5 Å². The summed E-state index contributed by atoms with van der Waals surface area (Å²) in [6.45, 7) is 2.30. The zero-order valence-electron chi connectivity index (χ0n) is 25.2. The van der Waals surface area contributed by atoms with Crippen LogP contribution in [-0.4, -0.2) is 35.1 Å². The van der Waals surface area contributed by atoms with Crippen LogP contribution in [0.25, 0.3) is 21.7 Å². The van der Waals surface area contributed by atoms with Crippen molar-refractivity contribution in [3.05, 3.63) is 113 Å². The van der Waals surface area contributed by atoms with Crippen LogP contribution in [0, 0.1) is 24.1 Å². The number of rotatable bonds is 9. The third kappa shape index (κ3) is 5.79. The minimum absolute atomic E-state index is 0.121. The molecule has 0 atom stereocenters. The number of hydrogen-bond donors (Lipinski definition) is 3. The van der Waals surface area contributed by atoms with E-state index in [1.165, 1.54) is 24.5 Å². The third-order valence-corrected chi connectivity index (χ3v) is 7.59. The highest BCUT2D eigenvalue weighted by molar-refractivity contribution is 6.16. The van der Waals surface area contributed by atoms with Crippen molar-refractivity contribution in [2.24, 2.45) is 0 Å². The number of amides is 1. The summed E-state index contributed by atoms with van der Waals surface area (Å²) < 4.78 is 25.4. The van der Waals surface area contributed by atoms with Gasteiger partial charge in [0.1, 0.15) is 35.3 Å². The first-order valence-corrected chi connectivity index (χ1v) is 14.2. The van der Waals surface area contributed by atoms with Gasteiger partial charge in [-0.3, -0.25) is 4.79 Å². The molecular formula is C35H28FN7O3. The zero-order chi connectivity index (χ0) is 32.2. The fraction of sp³-hybridized carbons (Fsp3) is 0.114. The summed E-state index contributed by atoms with van der Waals surface area (Å²) in [5.41, 5.74) is 3.58. The van der Waals surface area contributed by atoms with Crippen LogP contribution >= 0.6 is 0 Å². The predicted molar refractivity (Wildman–Crippen MR) is 175 cm³/mol. The molecule has 0 spiro atoms. The topological polar surface area (TPSA) is 134 Å². The van der Waals surface area contributed by atoms with Gasteiger partial charge in [0.25, 0.3) is 5.91 Å². The lowest BCUT2D eigenvalue weighted by molar-refractivity contribution is 0.102. The van der Waals surface area contributed by atoms with E-state index in [1.807, 2.05) is 49.4 Å². The number of ether oxygens (including phenoxy) is 2. The Hall–Kier alpha value is -6.28. The van der Waals surface area contributed by atoms with Gasteiger partial charge in [-0.15, -0.1) is 0 Å². The summed E-state index contributed by atoms with van der Waals surface area (Å²) in [6.07, 6.45) is 2.99. The van der Waals surface area contributed by atoms with Crippen molar-refractivity contribution in [2.75, 3.05) is 30.2 Å². The van der Waals surface area contributed by atoms with Gasteiger partial charge in [0, 0.05) is 40.5 Å². The van der Waals surface area contributed by atoms with Crippen LogP contribution < -0.4 is 25.4 Å². The minimum atomic E-state index is -0.520. The summed E-state index contributed by atoms with van der Waals surface area (Å²) in [5.74, 6) is 1.42. The fourth-order valence-electron chi connectivity index (χ4n) is 5.22. The minimum Gasteiger partial charge on any atom is -0.497 e. The number of benzene rings is 4. The van der Waals surface area contributed by atoms with Crippen molar-refractivity contribution >= 4 is 50.6 Å². The number of carbonyl (C=O) groups is 1. The predicted octanol–water partition coefficient (Wildman–Crippen LogP) is 7.12. The summed E-state index contributed by atoms with van der Waals surface area (Å²) in [7, 11) is 3.20. The number of nitrogens with zero attached hydrogens (tertiary/aromatic N) is 4. The monoisotopic (exact) mass is 613 g/mol. The molecule has 3 N–H and O–H groups in total. The van der Waals surface area contributed by atoms with Crippen molar-refractivity contribution < 1.29 is 18.7 Å². The molecule has 46 heavy (non-hydrogen) atoms. The normalized spacial score (nSPS) is 10.8. The van der Waals surface area contributed by atoms with Crippen molar-refractivity contribution in [1.82, 2.24) is 15.0 Å². The quantitative estimate of drug-likeness (QED) is 0.156. The number of carbonyl (C=O) groups excluding carboxylic acids is 1. The molecule has 0 bridgehead atoms. The average Bonchev–Trinajstić information content (AvgIpc) is 3.09. The van der Waals surface area contributed by atoms with E-state index >= 15 is 0 Å². The van der Waals surface area contributed by atoms with Crippen LogP contribution in [0.1, 0.15) is 27.0 Å². The Morgan fingerprint density at radius 3 is 2.59 bits per heavy atom. The second-order valence-corrected chi connectivity index (χ2v) is 10.4. The molecule has 0 unspecified atom stereocenters. The smallest absolute Gasteiger partial charge is 0.257 e. The number of nitriles is 1. The molecule has 2 heterocycles. The van der Waals surface area contributed by atoms with E-state index in [0.717, 1.165) is 11.1 Å². The van der Waals surface area contributed by atoms with Gasteiger partial charge in [0.15, 0.2) is 0 Å². The maximum atomic E-state index is 14.6. The van der Waals surface area contributed by atoms with Crippen molar-refractivity contribution in [3.63, 3.8) is 0 Å². The highest BCUT2D eigenvalue weighted by Gasteiger charge is 2.18. The number of para-hydroxylation sites is 1. The maximum Gasteiger partial charge on any atom is 0.257 e. The number of hydrogen-bond acceptors (Lipinski definition) is 9. The lowest BCUT2D eigenvalue weighted by Crippen LogP contribution is -2.14. The van der Waals surface area contributed by atoms with E-state index in [2.05, 4.69) is 30.9 Å². The Bertz CT molecular complexity index is 2160. The highest BCUT2D eigenvalue weighted by Crippen LogP contribution is 2.34. The van der Waals surface area contributed by atoms with Gasteiger partial charge >= 0.3 is 0 Å². The Morgan fingerprint density at radius 2 is 1.78 bits per heavy atom. The number of aryl methyl sites for hydroxylation is 1. The first kappa shape index (κ1) is 29.8. The number of aromatic nitrogens is 3. The third-order valence-electron chi connectivity index (χ3n) is 7.59. The molecule has 10 nitrogen and oxygen atoms in total. The van der Waals surface area contributed by atoms with E-state index in [9.17, 15) is 14.4 Å². The van der Waals surface area contributed by atoms with Gasteiger partial charge in [0.05, 0.1) is 48.3 Å². The van der Waals surface area contributed by atoms with E-state index in [-0.39, 0.29) is 11.6 Å². The molecule has 6 aromatic rings. The first-order valence-electron chi connectivity index (χ1n) is 14.2. The number of anilines is 4. The lowest BCUT2D eigenvalue weighted by Gasteiger charge is -2.16. The zero-order valence-corrected chi connectivity index (χ0v) is 25.2. The Labute approximate surface area is 263 Å². The van der Waals surface area contributed by atoms with Gasteiger partial charge in [-0.1, -0.05) is 18.2 Å². The van der Waals surface area contributed by atoms with Crippen LogP contribution in [0.4, 0.5) is 27.4 Å². The van der Waals surface area contributed by atoms with Crippen molar-refractivity contribution in [2.45, 2.75) is 13.5 Å². The summed E-state index contributed by atoms with van der Waals surface area (Å²) >= 11 is 0. The summed E-state index contributed by atoms with van der Waals surface area (Å²) in [5, 5.41) is 20.7. The molecule has 0 aliphatic rings. The molecule has 0 radical (unpaired) electrons. The molecule has 0 aliphatic heterocycles. The number of halogens is 1. The SMILES string of the molecule is COc1ccc(CNc2ncnc3c(C(=O)Nc4c(C)ccc5c(Nc6cc(C#N)ccc6F)nccc45)cccc23)c(OC)c1. The summed E-state index contributed by atoms with van der Waals surface area (Å²) in [6, 6.07) is 22.5. The Balaban J connectivity index is 1.30. The van der Waals surface area contributed by atoms with Crippen LogP contribution in [0.2, 0.25) is 0 Å². The molecule has 6 rings (SSSR count). The van der Waals surface area contributed by atoms with Crippen LogP contribution in [0.15, 0.2) is 85.3 Å². The standard InChI is InChI=1S/C35H28FN7O3/c1-20-7-11-25-24(13-14-38-34(25)42-29-15-21(17-37)8-12-28(29)36)31(20)43-35(44)27-6-4-5-26-32(27)40-19-41-33(26)39-18-22-9-10-23(45-2)16-30(22)46-3/h4-16,19H,18H2,1-3H3,(H,38,42)(H,43,44)(H,39,40,41). The molecule has 1 amide bonds. The highest BCUT2D eigenvalue weighted by atomic mass is 19.1. The van der Waals surface area contributed by atoms with Crippen molar-refractivity contribution in [1.29, 1.82) is 5.26 Å². The van der Waals surface area contributed by atoms with E-state index < -0.39 is 5.82 Å². The molecule has 11 heteroatoms.